The third-order valence-corrected chi connectivity index (χ3v) is 3.45. The van der Waals surface area contributed by atoms with Crippen molar-refractivity contribution in [3.63, 3.8) is 0 Å². The predicted molar refractivity (Wildman–Crippen MR) is 78.7 cm³/mol. The van der Waals surface area contributed by atoms with Gasteiger partial charge in [0.15, 0.2) is 0 Å². The highest BCUT2D eigenvalue weighted by molar-refractivity contribution is 7.98. The summed E-state index contributed by atoms with van der Waals surface area (Å²) in [5.74, 6) is -1.83. The Bertz CT molecular complexity index is 696. The minimum Gasteiger partial charge on any atom is -0.478 e. The molecule has 0 saturated heterocycles. The lowest BCUT2D eigenvalue weighted by atomic mass is 10.1. The number of hydrogen-bond donors (Lipinski definition) is 2. The Morgan fingerprint density at radius 3 is 2.43 bits per heavy atom. The minimum absolute atomic E-state index is 0.0994. The molecule has 0 radical (unpaired) electrons. The van der Waals surface area contributed by atoms with Crippen LogP contribution in [-0.2, 0) is 0 Å². The summed E-state index contributed by atoms with van der Waals surface area (Å²) in [6.45, 7) is 0. The number of hydrogen-bond acceptors (Lipinski definition) is 4. The fraction of sp³-hybridized carbons (Fsp3) is 0.0667. The molecule has 0 amide bonds. The van der Waals surface area contributed by atoms with Crippen molar-refractivity contribution in [2.45, 2.75) is 4.90 Å². The van der Waals surface area contributed by atoms with Crippen LogP contribution in [0.2, 0.25) is 0 Å². The van der Waals surface area contributed by atoms with E-state index in [-0.39, 0.29) is 16.9 Å². The van der Waals surface area contributed by atoms with Crippen molar-refractivity contribution in [2.24, 2.45) is 0 Å². The normalized spacial score (nSPS) is 10.1. The van der Waals surface area contributed by atoms with Crippen LogP contribution >= 0.6 is 11.8 Å². The quantitative estimate of drug-likeness (QED) is 0.821. The van der Waals surface area contributed by atoms with Gasteiger partial charge in [0, 0.05) is 4.90 Å². The average molecular weight is 304 g/mol. The Labute approximate surface area is 125 Å². The van der Waals surface area contributed by atoms with Crippen LogP contribution in [-0.4, -0.2) is 28.4 Å². The van der Waals surface area contributed by atoms with Gasteiger partial charge in [0.2, 0.25) is 0 Å². The molecule has 2 rings (SSSR count). The van der Waals surface area contributed by atoms with Crippen molar-refractivity contribution in [1.29, 1.82) is 0 Å². The topological polar surface area (TPSA) is 83.8 Å². The van der Waals surface area contributed by atoms with Gasteiger partial charge in [-0.3, -0.25) is 0 Å². The zero-order chi connectivity index (χ0) is 15.4. The lowest BCUT2D eigenvalue weighted by Crippen LogP contribution is -2.04. The van der Waals surface area contributed by atoms with E-state index in [1.54, 1.807) is 18.2 Å². The first kappa shape index (κ1) is 14.9. The number of ether oxygens (including phenoxy) is 1. The Morgan fingerprint density at radius 1 is 1.05 bits per heavy atom. The van der Waals surface area contributed by atoms with Crippen LogP contribution in [0.5, 0.6) is 11.5 Å². The number of thioether (sulfide) groups is 1. The summed E-state index contributed by atoms with van der Waals surface area (Å²) in [6, 6.07) is 10.9. The summed E-state index contributed by atoms with van der Waals surface area (Å²) in [5, 5.41) is 18.1. The number of benzene rings is 2. The number of rotatable bonds is 5. The first-order chi connectivity index (χ1) is 10.0. The fourth-order valence-electron chi connectivity index (χ4n) is 1.71. The average Bonchev–Trinajstić information content (AvgIpc) is 2.47. The Morgan fingerprint density at radius 2 is 1.81 bits per heavy atom. The van der Waals surface area contributed by atoms with Crippen molar-refractivity contribution in [1.82, 2.24) is 0 Å². The second-order valence-electron chi connectivity index (χ2n) is 4.10. The number of carboxylic acid groups (broad SMARTS) is 2. The molecule has 0 unspecified atom stereocenters. The maximum absolute atomic E-state index is 11.2. The fourth-order valence-corrected chi connectivity index (χ4v) is 2.16. The molecule has 2 aromatic rings. The molecule has 0 heterocycles. The Kier molecular flexibility index (Phi) is 4.49. The number of carboxylic acids is 2. The molecule has 0 fully saturated rings. The zero-order valence-electron chi connectivity index (χ0n) is 11.1. The van der Waals surface area contributed by atoms with Gasteiger partial charge >= 0.3 is 11.9 Å². The van der Waals surface area contributed by atoms with E-state index in [9.17, 15) is 14.7 Å². The standard InChI is InChI=1S/C15H12O5S/c1-21-11-4-2-3-10(8-11)20-13-6-5-9(14(16)17)7-12(13)15(18)19/h2-8H,1H3,(H,16,17)(H,18,19). The largest absolute Gasteiger partial charge is 0.478 e. The minimum atomic E-state index is -1.24. The highest BCUT2D eigenvalue weighted by Crippen LogP contribution is 2.29. The molecule has 0 bridgehead atoms. The molecule has 2 N–H and O–H groups in total. The second kappa shape index (κ2) is 6.32. The monoisotopic (exact) mass is 304 g/mol. The molecule has 0 spiro atoms. The molecular formula is C15H12O5S. The van der Waals surface area contributed by atoms with Crippen LogP contribution in [0.15, 0.2) is 47.4 Å². The van der Waals surface area contributed by atoms with Gasteiger partial charge in [-0.05, 0) is 42.7 Å². The smallest absolute Gasteiger partial charge is 0.339 e. The van der Waals surface area contributed by atoms with E-state index in [2.05, 4.69) is 0 Å². The van der Waals surface area contributed by atoms with E-state index in [1.807, 2.05) is 12.3 Å². The van der Waals surface area contributed by atoms with Crippen molar-refractivity contribution in [2.75, 3.05) is 6.26 Å². The van der Waals surface area contributed by atoms with E-state index in [0.717, 1.165) is 11.0 Å². The highest BCUT2D eigenvalue weighted by Gasteiger charge is 2.15. The third-order valence-electron chi connectivity index (χ3n) is 2.73. The maximum atomic E-state index is 11.2. The molecule has 0 aliphatic carbocycles. The van der Waals surface area contributed by atoms with Gasteiger partial charge in [0.1, 0.15) is 17.1 Å². The van der Waals surface area contributed by atoms with Crippen LogP contribution in [0, 0.1) is 0 Å². The summed E-state index contributed by atoms with van der Waals surface area (Å²) in [5.41, 5.74) is -0.290. The number of aromatic carboxylic acids is 2. The first-order valence-corrected chi connectivity index (χ1v) is 7.16. The van der Waals surface area contributed by atoms with Crippen LogP contribution < -0.4 is 4.74 Å². The van der Waals surface area contributed by atoms with E-state index < -0.39 is 11.9 Å². The molecule has 6 heteroatoms. The lowest BCUT2D eigenvalue weighted by molar-refractivity contribution is 0.0694. The van der Waals surface area contributed by atoms with Crippen LogP contribution in [0.3, 0.4) is 0 Å². The third kappa shape index (κ3) is 3.55. The summed E-state index contributed by atoms with van der Waals surface area (Å²) in [7, 11) is 0. The number of carbonyl (C=O) groups is 2. The van der Waals surface area contributed by atoms with E-state index in [1.165, 1.54) is 23.9 Å². The van der Waals surface area contributed by atoms with Crippen LogP contribution in [0.25, 0.3) is 0 Å². The Balaban J connectivity index is 2.38. The molecule has 21 heavy (non-hydrogen) atoms. The molecule has 0 aliphatic heterocycles. The molecular weight excluding hydrogens is 292 g/mol. The first-order valence-electron chi connectivity index (χ1n) is 5.94. The SMILES string of the molecule is CSc1cccc(Oc2ccc(C(=O)O)cc2C(=O)O)c1. The highest BCUT2D eigenvalue weighted by atomic mass is 32.2. The predicted octanol–water partition coefficient (Wildman–Crippen LogP) is 3.60. The molecule has 0 saturated carbocycles. The molecule has 0 atom stereocenters. The maximum Gasteiger partial charge on any atom is 0.339 e. The zero-order valence-corrected chi connectivity index (χ0v) is 11.9. The van der Waals surface area contributed by atoms with Gasteiger partial charge < -0.3 is 14.9 Å². The molecule has 108 valence electrons. The van der Waals surface area contributed by atoms with Crippen molar-refractivity contribution in [3.8, 4) is 11.5 Å². The van der Waals surface area contributed by atoms with Crippen molar-refractivity contribution in [3.05, 3.63) is 53.6 Å². The second-order valence-corrected chi connectivity index (χ2v) is 4.98. The van der Waals surface area contributed by atoms with Gasteiger partial charge in [-0.15, -0.1) is 11.8 Å². The van der Waals surface area contributed by atoms with Gasteiger partial charge in [-0.25, -0.2) is 9.59 Å². The summed E-state index contributed by atoms with van der Waals surface area (Å²) in [4.78, 5) is 23.1. The van der Waals surface area contributed by atoms with Gasteiger partial charge in [0.25, 0.3) is 0 Å². The van der Waals surface area contributed by atoms with Crippen LogP contribution in [0.1, 0.15) is 20.7 Å². The molecule has 5 nitrogen and oxygen atoms in total. The summed E-state index contributed by atoms with van der Waals surface area (Å²) < 4.78 is 5.56. The Hall–Kier alpha value is -2.47. The van der Waals surface area contributed by atoms with E-state index in [0.29, 0.717) is 5.75 Å². The molecule has 0 aromatic heterocycles. The van der Waals surface area contributed by atoms with Crippen LogP contribution in [0.4, 0.5) is 0 Å². The lowest BCUT2D eigenvalue weighted by Gasteiger charge is -2.10. The molecule has 2 aromatic carbocycles. The van der Waals surface area contributed by atoms with Gasteiger partial charge in [-0.2, -0.15) is 0 Å². The van der Waals surface area contributed by atoms with Crippen molar-refractivity contribution >= 4 is 23.7 Å². The summed E-state index contributed by atoms with van der Waals surface area (Å²) >= 11 is 1.54. The van der Waals surface area contributed by atoms with Gasteiger partial charge in [0.05, 0.1) is 5.56 Å². The van der Waals surface area contributed by atoms with Gasteiger partial charge in [-0.1, -0.05) is 6.07 Å². The van der Waals surface area contributed by atoms with E-state index >= 15 is 0 Å². The summed E-state index contributed by atoms with van der Waals surface area (Å²) in [6.07, 6.45) is 1.92. The van der Waals surface area contributed by atoms with E-state index in [4.69, 9.17) is 9.84 Å². The molecule has 0 aliphatic rings. The van der Waals surface area contributed by atoms with Crippen molar-refractivity contribution < 1.29 is 24.5 Å².